The van der Waals surface area contributed by atoms with E-state index in [9.17, 15) is 0 Å². The fourth-order valence-corrected chi connectivity index (χ4v) is 2.24. The number of aliphatic hydroxyl groups excluding tert-OH is 1. The summed E-state index contributed by atoms with van der Waals surface area (Å²) in [5, 5.41) is 9.86. The Morgan fingerprint density at radius 2 is 2.40 bits per heavy atom. The number of hydrogen-bond acceptors (Lipinski definition) is 6. The Bertz CT molecular complexity index is 312. The van der Waals surface area contributed by atoms with E-state index in [2.05, 4.69) is 14.3 Å². The molecule has 0 bridgehead atoms. The lowest BCUT2D eigenvalue weighted by Crippen LogP contribution is -2.48. The molecule has 0 radical (unpaired) electrons. The van der Waals surface area contributed by atoms with Gasteiger partial charge in [-0.3, -0.25) is 0 Å². The van der Waals surface area contributed by atoms with Gasteiger partial charge >= 0.3 is 0 Å². The van der Waals surface area contributed by atoms with Gasteiger partial charge in [-0.05, 0) is 0 Å². The molecule has 1 aliphatic rings. The number of ether oxygens (including phenoxy) is 1. The summed E-state index contributed by atoms with van der Waals surface area (Å²) in [6.45, 7) is 2.73. The molecular weight excluding hydrogens is 214 g/mol. The lowest BCUT2D eigenvalue weighted by Gasteiger charge is -2.37. The van der Waals surface area contributed by atoms with Crippen LogP contribution in [0.2, 0.25) is 0 Å². The first kappa shape index (κ1) is 10.8. The Morgan fingerprint density at radius 1 is 1.60 bits per heavy atom. The number of aromatic nitrogens is 2. The first-order valence-electron chi connectivity index (χ1n) is 5.01. The van der Waals surface area contributed by atoms with Gasteiger partial charge < -0.3 is 14.7 Å². The van der Waals surface area contributed by atoms with Crippen LogP contribution in [0.15, 0.2) is 0 Å². The number of anilines is 1. The molecule has 1 aromatic rings. The minimum absolute atomic E-state index is 0.270. The van der Waals surface area contributed by atoms with Crippen molar-refractivity contribution in [3.8, 4) is 0 Å². The molecule has 0 aromatic carbocycles. The normalized spacial score (nSPS) is 16.8. The molecule has 1 aliphatic heterocycles. The van der Waals surface area contributed by atoms with Crippen LogP contribution in [0.25, 0.3) is 0 Å². The summed E-state index contributed by atoms with van der Waals surface area (Å²) in [4.78, 5) is 6.56. The zero-order chi connectivity index (χ0) is 10.7. The van der Waals surface area contributed by atoms with Crippen molar-refractivity contribution in [1.29, 1.82) is 0 Å². The topological polar surface area (TPSA) is 58.5 Å². The maximum absolute atomic E-state index is 8.90. The molecular formula is C9H15N3O2S. The quantitative estimate of drug-likeness (QED) is 0.779. The van der Waals surface area contributed by atoms with Crippen molar-refractivity contribution in [2.75, 3.05) is 38.3 Å². The van der Waals surface area contributed by atoms with Crippen LogP contribution in [0.4, 0.5) is 5.13 Å². The van der Waals surface area contributed by atoms with E-state index in [-0.39, 0.29) is 6.61 Å². The van der Waals surface area contributed by atoms with E-state index in [1.165, 1.54) is 11.5 Å². The molecule has 15 heavy (non-hydrogen) atoms. The van der Waals surface area contributed by atoms with Crippen LogP contribution < -0.4 is 4.90 Å². The van der Waals surface area contributed by atoms with Gasteiger partial charge in [-0.15, -0.1) is 0 Å². The van der Waals surface area contributed by atoms with Crippen molar-refractivity contribution in [2.24, 2.45) is 5.92 Å². The van der Waals surface area contributed by atoms with Crippen molar-refractivity contribution in [3.05, 3.63) is 5.82 Å². The summed E-state index contributed by atoms with van der Waals surface area (Å²) >= 11 is 1.42. The lowest BCUT2D eigenvalue weighted by atomic mass is 10.0. The number of aliphatic hydroxyl groups is 1. The molecule has 2 rings (SSSR count). The molecule has 0 amide bonds. The number of rotatable bonds is 5. The third kappa shape index (κ3) is 2.45. The van der Waals surface area contributed by atoms with Crippen LogP contribution in [-0.2, 0) is 11.2 Å². The van der Waals surface area contributed by atoms with Gasteiger partial charge in [0.2, 0.25) is 5.13 Å². The minimum Gasteiger partial charge on any atom is -0.396 e. The largest absolute Gasteiger partial charge is 0.396 e. The summed E-state index contributed by atoms with van der Waals surface area (Å²) in [6, 6.07) is 0. The fraction of sp³-hybridized carbons (Fsp3) is 0.778. The molecule has 0 atom stereocenters. The average molecular weight is 229 g/mol. The molecule has 0 unspecified atom stereocenters. The number of methoxy groups -OCH3 is 1. The monoisotopic (exact) mass is 229 g/mol. The zero-order valence-electron chi connectivity index (χ0n) is 8.72. The summed E-state index contributed by atoms with van der Waals surface area (Å²) in [5.41, 5.74) is 0. The average Bonchev–Trinajstić information content (AvgIpc) is 2.62. The number of hydrogen-bond donors (Lipinski definition) is 1. The predicted octanol–water partition coefficient (Wildman–Crippen LogP) is 0.156. The molecule has 1 fully saturated rings. The Balaban J connectivity index is 1.85. The maximum atomic E-state index is 8.90. The van der Waals surface area contributed by atoms with Gasteiger partial charge in [0, 0.05) is 50.7 Å². The molecule has 1 N–H and O–H groups in total. The van der Waals surface area contributed by atoms with Crippen molar-refractivity contribution in [1.82, 2.24) is 9.36 Å². The highest BCUT2D eigenvalue weighted by molar-refractivity contribution is 7.09. The number of nitrogens with zero attached hydrogens (tertiary/aromatic N) is 3. The molecule has 1 aromatic heterocycles. The minimum atomic E-state index is 0.270. The van der Waals surface area contributed by atoms with E-state index in [1.807, 2.05) is 0 Å². The second kappa shape index (κ2) is 4.87. The van der Waals surface area contributed by atoms with Crippen LogP contribution in [0.1, 0.15) is 5.82 Å². The molecule has 0 aliphatic carbocycles. The van der Waals surface area contributed by atoms with Crippen LogP contribution in [0.3, 0.4) is 0 Å². The van der Waals surface area contributed by atoms with Gasteiger partial charge in [-0.1, -0.05) is 0 Å². The maximum Gasteiger partial charge on any atom is 0.205 e. The van der Waals surface area contributed by atoms with Crippen molar-refractivity contribution < 1.29 is 9.84 Å². The van der Waals surface area contributed by atoms with E-state index in [0.717, 1.165) is 30.5 Å². The predicted molar refractivity (Wildman–Crippen MR) is 58.3 cm³/mol. The first-order chi connectivity index (χ1) is 7.33. The summed E-state index contributed by atoms with van der Waals surface area (Å²) in [7, 11) is 1.68. The van der Waals surface area contributed by atoms with Crippen LogP contribution in [0.5, 0.6) is 0 Å². The molecule has 5 nitrogen and oxygen atoms in total. The summed E-state index contributed by atoms with van der Waals surface area (Å²) in [5.74, 6) is 1.26. The van der Waals surface area contributed by atoms with Crippen molar-refractivity contribution in [2.45, 2.75) is 6.42 Å². The van der Waals surface area contributed by atoms with E-state index in [1.54, 1.807) is 7.11 Å². The molecule has 0 saturated carbocycles. The van der Waals surface area contributed by atoms with Crippen LogP contribution in [-0.4, -0.2) is 47.9 Å². The molecule has 6 heteroatoms. The molecule has 2 heterocycles. The molecule has 0 spiro atoms. The first-order valence-corrected chi connectivity index (χ1v) is 5.78. The van der Waals surface area contributed by atoms with Gasteiger partial charge in [0.15, 0.2) is 0 Å². The van der Waals surface area contributed by atoms with E-state index in [4.69, 9.17) is 9.84 Å². The van der Waals surface area contributed by atoms with Gasteiger partial charge in [0.05, 0.1) is 6.61 Å². The van der Waals surface area contributed by atoms with Gasteiger partial charge in [-0.25, -0.2) is 4.98 Å². The van der Waals surface area contributed by atoms with E-state index in [0.29, 0.717) is 12.5 Å². The summed E-state index contributed by atoms with van der Waals surface area (Å²) in [6.07, 6.45) is 0.768. The lowest BCUT2D eigenvalue weighted by molar-refractivity contribution is 0.199. The van der Waals surface area contributed by atoms with Gasteiger partial charge in [-0.2, -0.15) is 4.37 Å². The van der Waals surface area contributed by atoms with Crippen molar-refractivity contribution >= 4 is 16.7 Å². The highest BCUT2D eigenvalue weighted by Crippen LogP contribution is 2.25. The summed E-state index contributed by atoms with van der Waals surface area (Å²) < 4.78 is 9.22. The standard InChI is InChI=1S/C9H15N3O2S/c1-14-3-2-8-10-9(15-11-8)12-4-7(5-12)6-13/h7,13H,2-6H2,1H3. The fourth-order valence-electron chi connectivity index (χ4n) is 1.51. The van der Waals surface area contributed by atoms with E-state index < -0.39 is 0 Å². The highest BCUT2D eigenvalue weighted by atomic mass is 32.1. The highest BCUT2D eigenvalue weighted by Gasteiger charge is 2.28. The second-order valence-corrected chi connectivity index (χ2v) is 4.42. The van der Waals surface area contributed by atoms with Gasteiger partial charge in [0.25, 0.3) is 0 Å². The molecule has 84 valence electrons. The van der Waals surface area contributed by atoms with Crippen LogP contribution in [0, 0.1) is 5.92 Å². The Kier molecular flexibility index (Phi) is 3.50. The SMILES string of the molecule is COCCc1nsc(N2CC(CO)C2)n1. The van der Waals surface area contributed by atoms with Crippen molar-refractivity contribution in [3.63, 3.8) is 0 Å². The van der Waals surface area contributed by atoms with Gasteiger partial charge in [0.1, 0.15) is 5.82 Å². The third-order valence-electron chi connectivity index (χ3n) is 2.47. The Hall–Kier alpha value is -0.720. The second-order valence-electron chi connectivity index (χ2n) is 3.69. The molecule has 1 saturated heterocycles. The smallest absolute Gasteiger partial charge is 0.205 e. The zero-order valence-corrected chi connectivity index (χ0v) is 9.53. The Morgan fingerprint density at radius 3 is 3.07 bits per heavy atom. The third-order valence-corrected chi connectivity index (χ3v) is 3.29. The Labute approximate surface area is 92.9 Å². The van der Waals surface area contributed by atoms with E-state index >= 15 is 0 Å². The van der Waals surface area contributed by atoms with Crippen LogP contribution >= 0.6 is 11.5 Å².